The van der Waals surface area contributed by atoms with Gasteiger partial charge >= 0.3 is 12.0 Å². The first-order chi connectivity index (χ1) is 12.7. The number of nitrogens with zero attached hydrogens (tertiary/aromatic N) is 2. The minimum absolute atomic E-state index is 0.0744. The summed E-state index contributed by atoms with van der Waals surface area (Å²) in [7, 11) is 0. The summed E-state index contributed by atoms with van der Waals surface area (Å²) in [6.07, 6.45) is 1.19. The lowest BCUT2D eigenvalue weighted by atomic mass is 9.90. The molecule has 3 rings (SSSR count). The molecule has 2 fully saturated rings. The molecule has 2 amide bonds. The highest BCUT2D eigenvalue weighted by Gasteiger charge is 2.43. The predicted octanol–water partition coefficient (Wildman–Crippen LogP) is 3.12. The van der Waals surface area contributed by atoms with Gasteiger partial charge in [-0.15, -0.1) is 0 Å². The van der Waals surface area contributed by atoms with Gasteiger partial charge in [0, 0.05) is 19.6 Å². The van der Waals surface area contributed by atoms with E-state index in [9.17, 15) is 19.1 Å². The van der Waals surface area contributed by atoms with Gasteiger partial charge in [-0.25, -0.2) is 9.18 Å². The molecule has 2 N–H and O–H groups in total. The Labute approximate surface area is 163 Å². The van der Waals surface area contributed by atoms with Gasteiger partial charge in [0.2, 0.25) is 0 Å². The topological polar surface area (TPSA) is 72.9 Å². The van der Waals surface area contributed by atoms with Crippen molar-refractivity contribution in [1.29, 1.82) is 0 Å². The number of carboxylic acid groups (broad SMARTS) is 1. The van der Waals surface area contributed by atoms with E-state index in [-0.39, 0.29) is 29.7 Å². The van der Waals surface area contributed by atoms with Crippen LogP contribution in [0.25, 0.3) is 0 Å². The molecule has 6 nitrogen and oxygen atoms in total. The fraction of sp³-hybridized carbons (Fsp3) is 0.579. The molecule has 3 unspecified atom stereocenters. The fourth-order valence-corrected chi connectivity index (χ4v) is 4.18. The number of likely N-dealkylation sites (tertiary alicyclic amines) is 2. The number of aliphatic carboxylic acids is 1. The second kappa shape index (κ2) is 7.64. The molecule has 2 aliphatic rings. The molecule has 148 valence electrons. The highest BCUT2D eigenvalue weighted by molar-refractivity contribution is 6.30. The van der Waals surface area contributed by atoms with Crippen molar-refractivity contribution in [2.45, 2.75) is 38.8 Å². The molecular weight excluding hydrogens is 373 g/mol. The van der Waals surface area contributed by atoms with Crippen molar-refractivity contribution in [3.8, 4) is 0 Å². The highest BCUT2D eigenvalue weighted by atomic mass is 35.5. The maximum absolute atomic E-state index is 14.0. The van der Waals surface area contributed by atoms with Crippen molar-refractivity contribution in [3.05, 3.63) is 34.6 Å². The summed E-state index contributed by atoms with van der Waals surface area (Å²) >= 11 is 5.80. The minimum Gasteiger partial charge on any atom is -0.481 e. The molecule has 0 saturated carbocycles. The zero-order valence-corrected chi connectivity index (χ0v) is 16.3. The Balaban J connectivity index is 1.74. The van der Waals surface area contributed by atoms with Gasteiger partial charge in [-0.1, -0.05) is 24.6 Å². The zero-order chi connectivity index (χ0) is 19.8. The van der Waals surface area contributed by atoms with E-state index >= 15 is 0 Å². The maximum atomic E-state index is 14.0. The Hall–Kier alpha value is -1.86. The summed E-state index contributed by atoms with van der Waals surface area (Å²) in [6, 6.07) is 4.19. The largest absolute Gasteiger partial charge is 0.481 e. The van der Waals surface area contributed by atoms with Crippen LogP contribution in [0.1, 0.15) is 38.3 Å². The molecule has 1 aromatic rings. The van der Waals surface area contributed by atoms with E-state index < -0.39 is 17.2 Å². The van der Waals surface area contributed by atoms with E-state index in [2.05, 4.69) is 10.2 Å². The second-order valence-corrected chi connectivity index (χ2v) is 8.04. The normalized spacial score (nSPS) is 28.5. The van der Waals surface area contributed by atoms with Crippen LogP contribution in [-0.4, -0.2) is 59.1 Å². The third-order valence-electron chi connectivity index (χ3n) is 5.78. The monoisotopic (exact) mass is 397 g/mol. The number of rotatable bonds is 4. The summed E-state index contributed by atoms with van der Waals surface area (Å²) in [5.74, 6) is -1.36. The van der Waals surface area contributed by atoms with Crippen molar-refractivity contribution >= 4 is 23.6 Å². The third-order valence-corrected chi connectivity index (χ3v) is 6.09. The molecule has 3 atom stereocenters. The summed E-state index contributed by atoms with van der Waals surface area (Å²) < 4.78 is 14.0. The molecule has 0 radical (unpaired) electrons. The van der Waals surface area contributed by atoms with Gasteiger partial charge in [0.15, 0.2) is 0 Å². The van der Waals surface area contributed by atoms with Gasteiger partial charge in [-0.3, -0.25) is 9.69 Å². The molecule has 2 aliphatic heterocycles. The van der Waals surface area contributed by atoms with Crippen molar-refractivity contribution in [2.75, 3.05) is 26.2 Å². The Morgan fingerprint density at radius 2 is 2.15 bits per heavy atom. The highest BCUT2D eigenvalue weighted by Crippen LogP contribution is 2.34. The Bertz CT molecular complexity index is 747. The van der Waals surface area contributed by atoms with Gasteiger partial charge in [0.1, 0.15) is 5.82 Å². The van der Waals surface area contributed by atoms with Gasteiger partial charge in [0.25, 0.3) is 0 Å². The number of hydrogen-bond donors (Lipinski definition) is 2. The molecule has 27 heavy (non-hydrogen) atoms. The minimum atomic E-state index is -0.902. The first-order valence-corrected chi connectivity index (χ1v) is 9.61. The predicted molar refractivity (Wildman–Crippen MR) is 100 cm³/mol. The number of likely N-dealkylation sites (N-methyl/N-ethyl adjacent to an activating group) is 1. The van der Waals surface area contributed by atoms with E-state index in [4.69, 9.17) is 11.6 Å². The van der Waals surface area contributed by atoms with E-state index in [1.807, 2.05) is 6.92 Å². The van der Waals surface area contributed by atoms with Crippen molar-refractivity contribution in [3.63, 3.8) is 0 Å². The molecule has 0 spiro atoms. The summed E-state index contributed by atoms with van der Waals surface area (Å²) in [5, 5.41) is 12.5. The Morgan fingerprint density at radius 1 is 1.41 bits per heavy atom. The average molecular weight is 398 g/mol. The standard InChI is InChI=1S/C19H25ClFN3O3/c1-3-23-8-6-15(16(23)12-4-5-13(20)14(21)10-12)22-18(27)24-9-7-19(2,11-24)17(25)26/h4-5,10,15-16H,3,6-9,11H2,1-2H3,(H,22,27)(H,25,26). The number of benzene rings is 1. The average Bonchev–Trinajstić information content (AvgIpc) is 3.22. The van der Waals surface area contributed by atoms with E-state index in [0.29, 0.717) is 13.0 Å². The van der Waals surface area contributed by atoms with Crippen LogP contribution in [0.3, 0.4) is 0 Å². The molecule has 0 aliphatic carbocycles. The van der Waals surface area contributed by atoms with Crippen LogP contribution >= 0.6 is 11.6 Å². The number of carbonyl (C=O) groups is 2. The van der Waals surface area contributed by atoms with Crippen molar-refractivity contribution < 1.29 is 19.1 Å². The first-order valence-electron chi connectivity index (χ1n) is 9.23. The smallest absolute Gasteiger partial charge is 0.317 e. The summed E-state index contributed by atoms with van der Waals surface area (Å²) in [6.45, 7) is 5.88. The van der Waals surface area contributed by atoms with Crippen LogP contribution in [0.2, 0.25) is 5.02 Å². The van der Waals surface area contributed by atoms with E-state index in [1.165, 1.54) is 12.1 Å². The van der Waals surface area contributed by atoms with Crippen LogP contribution < -0.4 is 5.32 Å². The fourth-order valence-electron chi connectivity index (χ4n) is 4.06. The van der Waals surface area contributed by atoms with Gasteiger partial charge in [0.05, 0.1) is 22.5 Å². The van der Waals surface area contributed by atoms with Crippen LogP contribution in [-0.2, 0) is 4.79 Å². The number of hydrogen-bond acceptors (Lipinski definition) is 3. The molecular formula is C19H25ClFN3O3. The van der Waals surface area contributed by atoms with Crippen molar-refractivity contribution in [1.82, 2.24) is 15.1 Å². The van der Waals surface area contributed by atoms with E-state index in [1.54, 1.807) is 17.9 Å². The molecule has 2 saturated heterocycles. The zero-order valence-electron chi connectivity index (χ0n) is 15.5. The molecule has 0 bridgehead atoms. The van der Waals surface area contributed by atoms with Crippen molar-refractivity contribution in [2.24, 2.45) is 5.41 Å². The number of carboxylic acids is 1. The van der Waals surface area contributed by atoms with Gasteiger partial charge in [-0.05, 0) is 44.0 Å². The van der Waals surface area contributed by atoms with Gasteiger partial charge < -0.3 is 15.3 Å². The van der Waals surface area contributed by atoms with Crippen LogP contribution in [0.5, 0.6) is 0 Å². The quantitative estimate of drug-likeness (QED) is 0.818. The number of amides is 2. The van der Waals surface area contributed by atoms with Crippen LogP contribution in [0, 0.1) is 11.2 Å². The lowest BCUT2D eigenvalue weighted by molar-refractivity contribution is -0.147. The molecule has 8 heteroatoms. The van der Waals surface area contributed by atoms with E-state index in [0.717, 1.165) is 25.1 Å². The lowest BCUT2D eigenvalue weighted by Gasteiger charge is -2.30. The lowest BCUT2D eigenvalue weighted by Crippen LogP contribution is -2.47. The van der Waals surface area contributed by atoms with Crippen LogP contribution in [0.15, 0.2) is 18.2 Å². The molecule has 2 heterocycles. The Kier molecular flexibility index (Phi) is 5.63. The number of halogens is 2. The maximum Gasteiger partial charge on any atom is 0.317 e. The SMILES string of the molecule is CCN1CCC(NC(=O)N2CCC(C)(C(=O)O)C2)C1c1ccc(Cl)c(F)c1. The second-order valence-electron chi connectivity index (χ2n) is 7.63. The number of urea groups is 1. The van der Waals surface area contributed by atoms with Gasteiger partial charge in [-0.2, -0.15) is 0 Å². The third kappa shape index (κ3) is 3.89. The number of nitrogens with one attached hydrogen (secondary N) is 1. The Morgan fingerprint density at radius 3 is 2.74 bits per heavy atom. The molecule has 1 aromatic carbocycles. The number of carbonyl (C=O) groups excluding carboxylic acids is 1. The summed E-state index contributed by atoms with van der Waals surface area (Å²) in [4.78, 5) is 27.9. The summed E-state index contributed by atoms with van der Waals surface area (Å²) in [5.41, 5.74) is -0.125. The molecule has 0 aromatic heterocycles. The van der Waals surface area contributed by atoms with Crippen LogP contribution in [0.4, 0.5) is 9.18 Å². The first kappa shape index (κ1) is 19.9.